The summed E-state index contributed by atoms with van der Waals surface area (Å²) in [7, 11) is 0. The number of halogens is 5. The normalized spacial score (nSPS) is 13.0. The lowest BCUT2D eigenvalue weighted by Crippen LogP contribution is -2.17. The largest absolute Gasteiger partial charge is 0.479 e. The Labute approximate surface area is 206 Å². The molecule has 1 aliphatic rings. The number of hydrogen-bond donors (Lipinski definition) is 1. The molecule has 0 fully saturated rings. The minimum absolute atomic E-state index is 0.117. The molecule has 0 aliphatic heterocycles. The molecular weight excluding hydrogens is 509 g/mol. The third-order valence-electron chi connectivity index (χ3n) is 5.36. The Morgan fingerprint density at radius 2 is 1.64 bits per heavy atom. The Balaban J connectivity index is 1.51. The lowest BCUT2D eigenvalue weighted by Gasteiger charge is -2.14. The molecule has 1 aliphatic carbocycles. The van der Waals surface area contributed by atoms with E-state index in [2.05, 4.69) is 5.32 Å². The van der Waals surface area contributed by atoms with Crippen LogP contribution in [-0.2, 0) is 24.2 Å². The summed E-state index contributed by atoms with van der Waals surface area (Å²) < 4.78 is 82.8. The van der Waals surface area contributed by atoms with Crippen molar-refractivity contribution in [1.82, 2.24) is 0 Å². The van der Waals surface area contributed by atoms with Crippen molar-refractivity contribution in [1.29, 1.82) is 0 Å². The first-order chi connectivity index (χ1) is 17.1. The van der Waals surface area contributed by atoms with Crippen molar-refractivity contribution >= 4 is 28.2 Å². The molecule has 0 saturated carbocycles. The number of anilines is 1. The fourth-order valence-electron chi connectivity index (χ4n) is 3.74. The van der Waals surface area contributed by atoms with Gasteiger partial charge >= 0.3 is 5.97 Å². The average molecular weight is 529 g/mol. The van der Waals surface area contributed by atoms with Crippen LogP contribution in [-0.4, -0.2) is 18.0 Å². The van der Waals surface area contributed by atoms with Gasteiger partial charge in [0.1, 0.15) is 17.4 Å². The SMILES string of the molecule is CC(C)OC(=O)c1c(NC(=O)c2ccc(COc3c(F)c(F)c(F)c(F)c3F)o2)sc2c1CCCC2. The second kappa shape index (κ2) is 10.3. The number of esters is 1. The van der Waals surface area contributed by atoms with Gasteiger partial charge < -0.3 is 19.2 Å². The summed E-state index contributed by atoms with van der Waals surface area (Å²) in [5.41, 5.74) is 1.15. The van der Waals surface area contributed by atoms with Gasteiger partial charge in [0.2, 0.25) is 29.1 Å². The first kappa shape index (κ1) is 25.7. The van der Waals surface area contributed by atoms with Gasteiger partial charge in [-0.3, -0.25) is 4.79 Å². The van der Waals surface area contributed by atoms with E-state index in [4.69, 9.17) is 13.9 Å². The number of nitrogens with one attached hydrogen (secondary N) is 1. The molecule has 2 aromatic heterocycles. The van der Waals surface area contributed by atoms with Crippen molar-refractivity contribution in [2.45, 2.75) is 52.2 Å². The van der Waals surface area contributed by atoms with Crippen LogP contribution in [0.5, 0.6) is 5.75 Å². The summed E-state index contributed by atoms with van der Waals surface area (Å²) in [5.74, 6) is -13.9. The highest BCUT2D eigenvalue weighted by atomic mass is 32.1. The van der Waals surface area contributed by atoms with Crippen molar-refractivity contribution in [3.8, 4) is 5.75 Å². The molecule has 36 heavy (non-hydrogen) atoms. The molecule has 0 bridgehead atoms. The zero-order chi connectivity index (χ0) is 26.1. The van der Waals surface area contributed by atoms with E-state index in [0.29, 0.717) is 17.0 Å². The van der Waals surface area contributed by atoms with E-state index < -0.39 is 53.3 Å². The van der Waals surface area contributed by atoms with E-state index in [9.17, 15) is 31.5 Å². The second-order valence-corrected chi connectivity index (χ2v) is 9.38. The van der Waals surface area contributed by atoms with Crippen molar-refractivity contribution in [2.75, 3.05) is 5.32 Å². The number of rotatable bonds is 7. The maximum Gasteiger partial charge on any atom is 0.341 e. The van der Waals surface area contributed by atoms with E-state index in [0.717, 1.165) is 29.7 Å². The number of aryl methyl sites for hydroxylation is 1. The van der Waals surface area contributed by atoms with Crippen LogP contribution in [0.15, 0.2) is 16.5 Å². The number of carbonyl (C=O) groups is 2. The number of ether oxygens (including phenoxy) is 2. The van der Waals surface area contributed by atoms with Gasteiger partial charge in [0.15, 0.2) is 11.5 Å². The van der Waals surface area contributed by atoms with Crippen LogP contribution in [0, 0.1) is 29.1 Å². The first-order valence-electron chi connectivity index (χ1n) is 11.0. The molecule has 2 heterocycles. The van der Waals surface area contributed by atoms with E-state index in [1.54, 1.807) is 13.8 Å². The fourth-order valence-corrected chi connectivity index (χ4v) is 5.01. The van der Waals surface area contributed by atoms with Crippen LogP contribution in [0.3, 0.4) is 0 Å². The van der Waals surface area contributed by atoms with Crippen LogP contribution in [0.1, 0.15) is 63.8 Å². The molecule has 1 aromatic carbocycles. The molecule has 0 spiro atoms. The fraction of sp³-hybridized carbons (Fsp3) is 0.333. The smallest absolute Gasteiger partial charge is 0.341 e. The number of hydrogen-bond acceptors (Lipinski definition) is 6. The third-order valence-corrected chi connectivity index (χ3v) is 6.57. The maximum atomic E-state index is 13.8. The predicted octanol–water partition coefficient (Wildman–Crippen LogP) is 6.31. The molecular formula is C24H20F5NO5S. The monoisotopic (exact) mass is 529 g/mol. The molecule has 0 atom stereocenters. The first-order valence-corrected chi connectivity index (χ1v) is 11.8. The number of fused-ring (bicyclic) bond motifs is 1. The Morgan fingerprint density at radius 1 is 1.00 bits per heavy atom. The Morgan fingerprint density at radius 3 is 2.31 bits per heavy atom. The molecule has 12 heteroatoms. The summed E-state index contributed by atoms with van der Waals surface area (Å²) in [6.45, 7) is 2.71. The number of furan rings is 1. The van der Waals surface area contributed by atoms with Gasteiger partial charge in [0.25, 0.3) is 5.91 Å². The van der Waals surface area contributed by atoms with Crippen LogP contribution in [0.4, 0.5) is 27.0 Å². The summed E-state index contributed by atoms with van der Waals surface area (Å²) in [6.07, 6.45) is 2.97. The lowest BCUT2D eigenvalue weighted by atomic mass is 9.95. The predicted molar refractivity (Wildman–Crippen MR) is 119 cm³/mol. The molecule has 192 valence electrons. The molecule has 0 radical (unpaired) electrons. The van der Waals surface area contributed by atoms with Crippen molar-refractivity contribution in [2.24, 2.45) is 0 Å². The number of carbonyl (C=O) groups excluding carboxylic acids is 2. The minimum atomic E-state index is -2.30. The van der Waals surface area contributed by atoms with Gasteiger partial charge in [-0.15, -0.1) is 11.3 Å². The van der Waals surface area contributed by atoms with Crippen LogP contribution < -0.4 is 10.1 Å². The van der Waals surface area contributed by atoms with Crippen molar-refractivity contribution in [3.05, 3.63) is 68.7 Å². The van der Waals surface area contributed by atoms with Gasteiger partial charge in [0, 0.05) is 4.88 Å². The second-order valence-electron chi connectivity index (χ2n) is 8.28. The molecule has 1 amide bonds. The van der Waals surface area contributed by atoms with Gasteiger partial charge in [-0.05, 0) is 57.2 Å². The summed E-state index contributed by atoms with van der Waals surface area (Å²) in [4.78, 5) is 26.5. The molecule has 4 rings (SSSR count). The van der Waals surface area contributed by atoms with E-state index in [1.165, 1.54) is 23.5 Å². The highest BCUT2D eigenvalue weighted by Gasteiger charge is 2.29. The Hall–Kier alpha value is -3.41. The van der Waals surface area contributed by atoms with Crippen molar-refractivity contribution in [3.63, 3.8) is 0 Å². The van der Waals surface area contributed by atoms with E-state index in [-0.39, 0.29) is 17.6 Å². The lowest BCUT2D eigenvalue weighted by molar-refractivity contribution is 0.0378. The number of amides is 1. The summed E-state index contributed by atoms with van der Waals surface area (Å²) in [5, 5.41) is 2.96. The number of benzene rings is 1. The van der Waals surface area contributed by atoms with Crippen molar-refractivity contribution < 1.29 is 45.4 Å². The quantitative estimate of drug-likeness (QED) is 0.168. The van der Waals surface area contributed by atoms with E-state index >= 15 is 0 Å². The molecule has 0 saturated heterocycles. The summed E-state index contributed by atoms with van der Waals surface area (Å²) >= 11 is 1.28. The topological polar surface area (TPSA) is 77.8 Å². The molecule has 3 aromatic rings. The Bertz CT molecular complexity index is 1300. The maximum absolute atomic E-state index is 13.8. The van der Waals surface area contributed by atoms with Gasteiger partial charge in [-0.1, -0.05) is 0 Å². The summed E-state index contributed by atoms with van der Waals surface area (Å²) in [6, 6.07) is 2.49. The highest BCUT2D eigenvalue weighted by Crippen LogP contribution is 2.39. The van der Waals surface area contributed by atoms with E-state index in [1.807, 2.05) is 0 Å². The zero-order valence-electron chi connectivity index (χ0n) is 19.1. The van der Waals surface area contributed by atoms with Gasteiger partial charge in [-0.2, -0.15) is 8.78 Å². The standard InChI is InChI=1S/C24H20F5NO5S/c1-10(2)34-24(32)15-12-5-3-4-6-14(12)36-23(15)30-22(31)13-8-7-11(35-13)9-33-21-19(28)17(26)16(25)18(27)20(21)29/h7-8,10H,3-6,9H2,1-2H3,(H,30,31). The van der Waals surface area contributed by atoms with Crippen LogP contribution >= 0.6 is 11.3 Å². The molecule has 6 nitrogen and oxygen atoms in total. The minimum Gasteiger partial charge on any atom is -0.479 e. The van der Waals surface area contributed by atoms with Crippen LogP contribution in [0.25, 0.3) is 0 Å². The van der Waals surface area contributed by atoms with Gasteiger partial charge in [-0.25, -0.2) is 18.0 Å². The highest BCUT2D eigenvalue weighted by molar-refractivity contribution is 7.17. The Kier molecular flexibility index (Phi) is 7.34. The number of thiophene rings is 1. The average Bonchev–Trinajstić information content (AvgIpc) is 3.45. The molecule has 0 unspecified atom stereocenters. The molecule has 1 N–H and O–H groups in total. The van der Waals surface area contributed by atoms with Crippen LogP contribution in [0.2, 0.25) is 0 Å². The zero-order valence-corrected chi connectivity index (χ0v) is 19.9. The van der Waals surface area contributed by atoms with Gasteiger partial charge in [0.05, 0.1) is 11.7 Å². The third kappa shape index (κ3) is 4.95.